The molecule has 4 nitrogen and oxygen atoms in total. The Morgan fingerprint density at radius 1 is 1.38 bits per heavy atom. The minimum atomic E-state index is -3.49. The van der Waals surface area contributed by atoms with Gasteiger partial charge in [0.15, 0.2) is 0 Å². The van der Waals surface area contributed by atoms with Crippen LogP contribution in [0.3, 0.4) is 0 Å². The van der Waals surface area contributed by atoms with Crippen molar-refractivity contribution in [1.82, 2.24) is 9.21 Å². The van der Waals surface area contributed by atoms with Crippen LogP contribution in [0.4, 0.5) is 0 Å². The van der Waals surface area contributed by atoms with Gasteiger partial charge in [0.2, 0.25) is 10.0 Å². The molecule has 1 atom stereocenters. The summed E-state index contributed by atoms with van der Waals surface area (Å²) in [6.07, 6.45) is 0. The van der Waals surface area contributed by atoms with Crippen molar-refractivity contribution in [2.75, 3.05) is 26.2 Å². The number of piperazine rings is 1. The first-order chi connectivity index (χ1) is 9.90. The molecular formula is C14H20BrClN2O2S. The summed E-state index contributed by atoms with van der Waals surface area (Å²) >= 11 is 9.16. The van der Waals surface area contributed by atoms with Crippen LogP contribution in [0.1, 0.15) is 19.4 Å². The number of sulfonamides is 1. The minimum Gasteiger partial charge on any atom is -0.298 e. The molecule has 2 rings (SSSR count). The lowest BCUT2D eigenvalue weighted by molar-refractivity contribution is 0.135. The van der Waals surface area contributed by atoms with Gasteiger partial charge < -0.3 is 0 Å². The number of rotatable bonds is 4. The minimum absolute atomic E-state index is 0.230. The second kappa shape index (κ2) is 6.96. The fourth-order valence-corrected chi connectivity index (χ4v) is 5.27. The van der Waals surface area contributed by atoms with Gasteiger partial charge in [0.25, 0.3) is 0 Å². The van der Waals surface area contributed by atoms with Gasteiger partial charge in [-0.25, -0.2) is 8.42 Å². The van der Waals surface area contributed by atoms with Crippen molar-refractivity contribution in [2.45, 2.75) is 30.7 Å². The number of likely N-dealkylation sites (N-methyl/N-ethyl adjacent to an activating group) is 1. The highest BCUT2D eigenvalue weighted by atomic mass is 79.9. The van der Waals surface area contributed by atoms with E-state index in [4.69, 9.17) is 11.6 Å². The molecule has 0 amide bonds. The maximum atomic E-state index is 12.9. The zero-order valence-electron chi connectivity index (χ0n) is 12.2. The van der Waals surface area contributed by atoms with Gasteiger partial charge in [-0.3, -0.25) is 4.90 Å². The fraction of sp³-hybridized carbons (Fsp3) is 0.571. The third-order valence-corrected chi connectivity index (χ3v) is 7.07. The number of benzene rings is 1. The first kappa shape index (κ1) is 17.2. The molecule has 1 saturated heterocycles. The van der Waals surface area contributed by atoms with Crippen LogP contribution in [0.15, 0.2) is 27.6 Å². The van der Waals surface area contributed by atoms with Gasteiger partial charge in [0.05, 0.1) is 4.90 Å². The van der Waals surface area contributed by atoms with Crippen molar-refractivity contribution >= 4 is 37.6 Å². The largest absolute Gasteiger partial charge is 0.298 e. The van der Waals surface area contributed by atoms with E-state index in [2.05, 4.69) is 34.7 Å². The number of hydrogen-bond donors (Lipinski definition) is 0. The van der Waals surface area contributed by atoms with Crippen LogP contribution < -0.4 is 0 Å². The van der Waals surface area contributed by atoms with Crippen LogP contribution in [0.25, 0.3) is 0 Å². The Hall–Kier alpha value is -0.140. The fourth-order valence-electron chi connectivity index (χ4n) is 2.62. The molecule has 0 aromatic heterocycles. The summed E-state index contributed by atoms with van der Waals surface area (Å²) < 4.78 is 27.9. The van der Waals surface area contributed by atoms with E-state index in [1.54, 1.807) is 16.4 Å². The predicted molar refractivity (Wildman–Crippen MR) is 89.2 cm³/mol. The lowest BCUT2D eigenvalue weighted by atomic mass is 10.2. The highest BCUT2D eigenvalue weighted by Gasteiger charge is 2.32. The molecule has 0 aliphatic carbocycles. The molecule has 1 unspecified atom stereocenters. The van der Waals surface area contributed by atoms with Crippen molar-refractivity contribution in [3.05, 3.63) is 28.2 Å². The summed E-state index contributed by atoms with van der Waals surface area (Å²) in [6.45, 7) is 6.92. The molecule has 0 radical (unpaired) electrons. The van der Waals surface area contributed by atoms with E-state index in [9.17, 15) is 8.42 Å². The Morgan fingerprint density at radius 3 is 2.67 bits per heavy atom. The lowest BCUT2D eigenvalue weighted by Crippen LogP contribution is -2.53. The number of hydrogen-bond acceptors (Lipinski definition) is 3. The Kier molecular flexibility index (Phi) is 5.71. The van der Waals surface area contributed by atoms with Crippen molar-refractivity contribution in [3.8, 4) is 0 Å². The van der Waals surface area contributed by atoms with E-state index in [1.165, 1.54) is 0 Å². The molecule has 0 N–H and O–H groups in total. The quantitative estimate of drug-likeness (QED) is 0.736. The highest BCUT2D eigenvalue weighted by molar-refractivity contribution is 9.10. The van der Waals surface area contributed by atoms with E-state index in [1.807, 2.05) is 6.07 Å². The third kappa shape index (κ3) is 3.62. The number of nitrogens with zero attached hydrogens (tertiary/aromatic N) is 2. The third-order valence-electron chi connectivity index (χ3n) is 3.90. The highest BCUT2D eigenvalue weighted by Crippen LogP contribution is 2.28. The van der Waals surface area contributed by atoms with Crippen molar-refractivity contribution < 1.29 is 8.42 Å². The average Bonchev–Trinajstić information content (AvgIpc) is 2.47. The van der Waals surface area contributed by atoms with Gasteiger partial charge in [-0.15, -0.1) is 11.6 Å². The Balaban J connectivity index is 2.31. The molecule has 118 valence electrons. The van der Waals surface area contributed by atoms with Crippen molar-refractivity contribution in [2.24, 2.45) is 0 Å². The molecular weight excluding hydrogens is 376 g/mol. The Bertz CT molecular complexity index is 609. The zero-order valence-corrected chi connectivity index (χ0v) is 15.4. The summed E-state index contributed by atoms with van der Waals surface area (Å²) in [5.41, 5.74) is 0.804. The van der Waals surface area contributed by atoms with Crippen LogP contribution in [-0.2, 0) is 15.9 Å². The summed E-state index contributed by atoms with van der Waals surface area (Å²) in [5.74, 6) is 0.301. The van der Waals surface area contributed by atoms with Crippen LogP contribution in [-0.4, -0.2) is 49.8 Å². The van der Waals surface area contributed by atoms with Gasteiger partial charge in [0, 0.05) is 36.0 Å². The Morgan fingerprint density at radius 2 is 2.10 bits per heavy atom. The van der Waals surface area contributed by atoms with Crippen LogP contribution in [0.2, 0.25) is 0 Å². The van der Waals surface area contributed by atoms with E-state index in [0.717, 1.165) is 18.7 Å². The molecule has 7 heteroatoms. The predicted octanol–water partition coefficient (Wildman–Crippen LogP) is 2.90. The SMILES string of the molecule is CCN1CCN(S(=O)(=O)c2cc(CCl)ccc2Br)CC1C. The molecule has 0 saturated carbocycles. The second-order valence-electron chi connectivity index (χ2n) is 5.24. The topological polar surface area (TPSA) is 40.6 Å². The molecule has 0 bridgehead atoms. The molecule has 0 spiro atoms. The van der Waals surface area contributed by atoms with Crippen LogP contribution in [0, 0.1) is 0 Å². The molecule has 1 aliphatic heterocycles. The molecule has 1 aromatic carbocycles. The number of halogens is 2. The maximum Gasteiger partial charge on any atom is 0.244 e. The summed E-state index contributed by atoms with van der Waals surface area (Å²) in [4.78, 5) is 2.59. The van der Waals surface area contributed by atoms with Gasteiger partial charge in [0.1, 0.15) is 0 Å². The van der Waals surface area contributed by atoms with Gasteiger partial charge in [-0.1, -0.05) is 13.0 Å². The van der Waals surface area contributed by atoms with Crippen molar-refractivity contribution in [1.29, 1.82) is 0 Å². The average molecular weight is 396 g/mol. The van der Waals surface area contributed by atoms with Gasteiger partial charge >= 0.3 is 0 Å². The summed E-state index contributed by atoms with van der Waals surface area (Å²) in [5, 5.41) is 0. The van der Waals surface area contributed by atoms with E-state index in [0.29, 0.717) is 28.3 Å². The van der Waals surface area contributed by atoms with E-state index >= 15 is 0 Å². The monoisotopic (exact) mass is 394 g/mol. The molecule has 1 aromatic rings. The van der Waals surface area contributed by atoms with Gasteiger partial charge in [-0.2, -0.15) is 4.31 Å². The Labute approximate surface area is 140 Å². The number of alkyl halides is 1. The lowest BCUT2D eigenvalue weighted by Gasteiger charge is -2.38. The maximum absolute atomic E-state index is 12.9. The van der Waals surface area contributed by atoms with Crippen LogP contribution >= 0.6 is 27.5 Å². The first-order valence-electron chi connectivity index (χ1n) is 6.98. The normalized spacial score (nSPS) is 21.6. The van der Waals surface area contributed by atoms with E-state index in [-0.39, 0.29) is 6.04 Å². The molecule has 21 heavy (non-hydrogen) atoms. The first-order valence-corrected chi connectivity index (χ1v) is 9.75. The molecule has 1 heterocycles. The molecule has 1 aliphatic rings. The van der Waals surface area contributed by atoms with Gasteiger partial charge in [-0.05, 0) is 47.1 Å². The molecule has 1 fully saturated rings. The standard InChI is InChI=1S/C14H20BrClN2O2S/c1-3-17-6-7-18(10-11(17)2)21(19,20)14-8-12(9-16)4-5-13(14)15/h4-5,8,11H,3,6-7,9-10H2,1-2H3. The van der Waals surface area contributed by atoms with E-state index < -0.39 is 10.0 Å². The van der Waals surface area contributed by atoms with Crippen molar-refractivity contribution in [3.63, 3.8) is 0 Å². The smallest absolute Gasteiger partial charge is 0.244 e. The summed E-state index contributed by atoms with van der Waals surface area (Å²) in [7, 11) is -3.49. The van der Waals surface area contributed by atoms with Crippen LogP contribution in [0.5, 0.6) is 0 Å². The summed E-state index contributed by atoms with van der Waals surface area (Å²) in [6, 6.07) is 5.46. The zero-order chi connectivity index (χ0) is 15.6. The second-order valence-corrected chi connectivity index (χ2v) is 8.27.